The van der Waals surface area contributed by atoms with Gasteiger partial charge in [0.25, 0.3) is 0 Å². The van der Waals surface area contributed by atoms with E-state index in [1.807, 2.05) is 24.3 Å². The normalized spacial score (nSPS) is 21.8. The summed E-state index contributed by atoms with van der Waals surface area (Å²) >= 11 is 0. The molecule has 2 N–H and O–H groups in total. The monoisotopic (exact) mass is 290 g/mol. The maximum Gasteiger partial charge on any atom is 0.250 e. The zero-order valence-corrected chi connectivity index (χ0v) is 13.0. The van der Waals surface area contributed by atoms with Gasteiger partial charge in [-0.15, -0.1) is 0 Å². The Kier molecular flexibility index (Phi) is 6.05. The van der Waals surface area contributed by atoms with E-state index in [1.54, 1.807) is 0 Å². The Balaban J connectivity index is 1.91. The van der Waals surface area contributed by atoms with E-state index in [9.17, 15) is 4.79 Å². The molecule has 2 rings (SSSR count). The topological polar surface area (TPSA) is 50.4 Å². The SMILES string of the molecule is CCC1CCCCC1Nc1ccc(NC(=O)COC)cc1. The number of carbonyl (C=O) groups excluding carboxylic acids is 1. The number of hydrogen-bond acceptors (Lipinski definition) is 3. The van der Waals surface area contributed by atoms with Gasteiger partial charge in [0.05, 0.1) is 0 Å². The molecule has 21 heavy (non-hydrogen) atoms. The standard InChI is InChI=1S/C17H26N2O2/c1-3-13-6-4-5-7-16(13)18-14-8-10-15(11-9-14)19-17(20)12-21-2/h8-11,13,16,18H,3-7,12H2,1-2H3,(H,19,20). The molecule has 0 spiro atoms. The number of rotatable bonds is 6. The van der Waals surface area contributed by atoms with E-state index in [1.165, 1.54) is 39.2 Å². The van der Waals surface area contributed by atoms with E-state index in [4.69, 9.17) is 4.74 Å². The molecule has 1 aromatic carbocycles. The molecule has 0 bridgehead atoms. The summed E-state index contributed by atoms with van der Waals surface area (Å²) in [6, 6.07) is 8.50. The minimum absolute atomic E-state index is 0.0836. The molecule has 4 heteroatoms. The van der Waals surface area contributed by atoms with E-state index >= 15 is 0 Å². The second-order valence-electron chi connectivity index (χ2n) is 5.76. The lowest BCUT2D eigenvalue weighted by molar-refractivity contribution is -0.119. The van der Waals surface area contributed by atoms with Crippen molar-refractivity contribution in [2.45, 2.75) is 45.1 Å². The van der Waals surface area contributed by atoms with E-state index < -0.39 is 0 Å². The van der Waals surface area contributed by atoms with Crippen LogP contribution in [0.1, 0.15) is 39.0 Å². The summed E-state index contributed by atoms with van der Waals surface area (Å²) in [5.41, 5.74) is 1.93. The molecule has 2 atom stereocenters. The third-order valence-electron chi connectivity index (χ3n) is 4.23. The quantitative estimate of drug-likeness (QED) is 0.840. The number of anilines is 2. The smallest absolute Gasteiger partial charge is 0.250 e. The van der Waals surface area contributed by atoms with Crippen LogP contribution in [0.3, 0.4) is 0 Å². The number of ether oxygens (including phenoxy) is 1. The third-order valence-corrected chi connectivity index (χ3v) is 4.23. The van der Waals surface area contributed by atoms with Gasteiger partial charge in [0.2, 0.25) is 5.91 Å². The molecule has 2 unspecified atom stereocenters. The van der Waals surface area contributed by atoms with Crippen LogP contribution in [0.2, 0.25) is 0 Å². The second-order valence-corrected chi connectivity index (χ2v) is 5.76. The Morgan fingerprint density at radius 1 is 1.19 bits per heavy atom. The average molecular weight is 290 g/mol. The van der Waals surface area contributed by atoms with Crippen molar-refractivity contribution < 1.29 is 9.53 Å². The first-order valence-electron chi connectivity index (χ1n) is 7.88. The molecule has 1 aliphatic carbocycles. The highest BCUT2D eigenvalue weighted by Crippen LogP contribution is 2.29. The molecule has 116 valence electrons. The Bertz CT molecular complexity index is 445. The maximum atomic E-state index is 11.4. The first-order chi connectivity index (χ1) is 10.2. The van der Waals surface area contributed by atoms with Gasteiger partial charge < -0.3 is 15.4 Å². The van der Waals surface area contributed by atoms with E-state index in [0.29, 0.717) is 6.04 Å². The van der Waals surface area contributed by atoms with Crippen LogP contribution in [-0.4, -0.2) is 25.7 Å². The fraction of sp³-hybridized carbons (Fsp3) is 0.588. The molecule has 1 fully saturated rings. The summed E-state index contributed by atoms with van der Waals surface area (Å²) in [5.74, 6) is 0.649. The van der Waals surface area contributed by atoms with Crippen molar-refractivity contribution in [1.29, 1.82) is 0 Å². The summed E-state index contributed by atoms with van der Waals surface area (Å²) < 4.78 is 4.80. The molecule has 1 amide bonds. The number of nitrogens with one attached hydrogen (secondary N) is 2. The van der Waals surface area contributed by atoms with Crippen LogP contribution >= 0.6 is 0 Å². The Morgan fingerprint density at radius 2 is 1.86 bits per heavy atom. The van der Waals surface area contributed by atoms with Crippen LogP contribution in [-0.2, 0) is 9.53 Å². The van der Waals surface area contributed by atoms with Crippen molar-refractivity contribution in [1.82, 2.24) is 0 Å². The van der Waals surface area contributed by atoms with Crippen molar-refractivity contribution >= 4 is 17.3 Å². The summed E-state index contributed by atoms with van der Waals surface area (Å²) in [5, 5.41) is 6.45. The van der Waals surface area contributed by atoms with Gasteiger partial charge in [-0.2, -0.15) is 0 Å². The highest BCUT2D eigenvalue weighted by Gasteiger charge is 2.23. The van der Waals surface area contributed by atoms with E-state index in [2.05, 4.69) is 17.6 Å². The minimum Gasteiger partial charge on any atom is -0.382 e. The number of carbonyl (C=O) groups is 1. The fourth-order valence-corrected chi connectivity index (χ4v) is 3.08. The molecule has 0 saturated heterocycles. The van der Waals surface area contributed by atoms with Gasteiger partial charge in [0.1, 0.15) is 6.61 Å². The van der Waals surface area contributed by atoms with Gasteiger partial charge >= 0.3 is 0 Å². The second kappa shape index (κ2) is 8.03. The molecule has 0 aromatic heterocycles. The van der Waals surface area contributed by atoms with Gasteiger partial charge in [-0.05, 0) is 43.0 Å². The summed E-state index contributed by atoms with van der Waals surface area (Å²) in [6.45, 7) is 2.36. The van der Waals surface area contributed by atoms with Crippen molar-refractivity contribution in [2.75, 3.05) is 24.4 Å². The number of methoxy groups -OCH3 is 1. The molecule has 0 heterocycles. The summed E-state index contributed by atoms with van der Waals surface area (Å²) in [4.78, 5) is 11.4. The molecule has 4 nitrogen and oxygen atoms in total. The van der Waals surface area contributed by atoms with E-state index in [-0.39, 0.29) is 12.5 Å². The fourth-order valence-electron chi connectivity index (χ4n) is 3.08. The van der Waals surface area contributed by atoms with Crippen LogP contribution in [0.4, 0.5) is 11.4 Å². The van der Waals surface area contributed by atoms with E-state index in [0.717, 1.165) is 17.3 Å². The first-order valence-corrected chi connectivity index (χ1v) is 7.88. The highest BCUT2D eigenvalue weighted by molar-refractivity contribution is 5.91. The van der Waals surface area contributed by atoms with Crippen LogP contribution in [0, 0.1) is 5.92 Å². The lowest BCUT2D eigenvalue weighted by Gasteiger charge is -2.32. The van der Waals surface area contributed by atoms with Crippen LogP contribution < -0.4 is 10.6 Å². The zero-order chi connectivity index (χ0) is 15.1. The van der Waals surface area contributed by atoms with Crippen LogP contribution in [0.5, 0.6) is 0 Å². The van der Waals surface area contributed by atoms with Gasteiger partial charge in [-0.3, -0.25) is 4.79 Å². The molecule has 1 aromatic rings. The predicted octanol–water partition coefficient (Wildman–Crippen LogP) is 3.65. The van der Waals surface area contributed by atoms with Crippen LogP contribution in [0.15, 0.2) is 24.3 Å². The Hall–Kier alpha value is -1.55. The molecule has 0 aliphatic heterocycles. The van der Waals surface area contributed by atoms with Crippen molar-refractivity contribution in [2.24, 2.45) is 5.92 Å². The predicted molar refractivity (Wildman–Crippen MR) is 86.6 cm³/mol. The third kappa shape index (κ3) is 4.74. The van der Waals surface area contributed by atoms with Gasteiger partial charge in [-0.25, -0.2) is 0 Å². The van der Waals surface area contributed by atoms with Crippen molar-refractivity contribution in [3.8, 4) is 0 Å². The lowest BCUT2D eigenvalue weighted by atomic mass is 9.83. The van der Waals surface area contributed by atoms with Gasteiger partial charge in [0.15, 0.2) is 0 Å². The number of hydrogen-bond donors (Lipinski definition) is 2. The Labute approximate surface area is 127 Å². The minimum atomic E-state index is -0.128. The molecule has 1 saturated carbocycles. The first kappa shape index (κ1) is 15.8. The van der Waals surface area contributed by atoms with Crippen molar-refractivity contribution in [3.05, 3.63) is 24.3 Å². The molecule has 0 radical (unpaired) electrons. The van der Waals surface area contributed by atoms with Gasteiger partial charge in [-0.1, -0.05) is 26.2 Å². The zero-order valence-electron chi connectivity index (χ0n) is 13.0. The summed E-state index contributed by atoms with van der Waals surface area (Å²) in [6.07, 6.45) is 6.51. The van der Waals surface area contributed by atoms with Crippen LogP contribution in [0.25, 0.3) is 0 Å². The number of benzene rings is 1. The molecule has 1 aliphatic rings. The largest absolute Gasteiger partial charge is 0.382 e. The highest BCUT2D eigenvalue weighted by atomic mass is 16.5. The van der Waals surface area contributed by atoms with Crippen molar-refractivity contribution in [3.63, 3.8) is 0 Å². The maximum absolute atomic E-state index is 11.4. The van der Waals surface area contributed by atoms with Gasteiger partial charge in [0, 0.05) is 24.5 Å². The molecular formula is C17H26N2O2. The molecular weight excluding hydrogens is 264 g/mol. The summed E-state index contributed by atoms with van der Waals surface area (Å²) in [7, 11) is 1.51. The Morgan fingerprint density at radius 3 is 2.52 bits per heavy atom. The average Bonchev–Trinajstić information content (AvgIpc) is 2.50. The number of amides is 1. The lowest BCUT2D eigenvalue weighted by Crippen LogP contribution is -2.31.